The van der Waals surface area contributed by atoms with Gasteiger partial charge in [-0.15, -0.1) is 0 Å². The molecule has 0 aliphatic rings. The fourth-order valence-electron chi connectivity index (χ4n) is 5.92. The van der Waals surface area contributed by atoms with Gasteiger partial charge in [0, 0.05) is 19.4 Å². The molecular formula is C55H88O5. The molecule has 0 saturated heterocycles. The third kappa shape index (κ3) is 47.0. The van der Waals surface area contributed by atoms with E-state index >= 15 is 0 Å². The molecule has 0 aromatic rings. The second kappa shape index (κ2) is 49.7. The van der Waals surface area contributed by atoms with Crippen LogP contribution < -0.4 is 0 Å². The van der Waals surface area contributed by atoms with E-state index in [1.807, 2.05) is 0 Å². The Kier molecular flexibility index (Phi) is 46.6. The smallest absolute Gasteiger partial charge is 0.306 e. The zero-order chi connectivity index (χ0) is 43.5. The SMILES string of the molecule is CC/C=C\C/C=C\C/C=C\C/C=C\C/C=C\CCCCOCC(COC(=O)CCCC/C=C\C/C=C\C/C=C\C/C=C\CC)OC(=O)CCCCCCC/C=C\CCCC. The molecule has 0 N–H and O–H groups in total. The molecule has 0 amide bonds. The first-order chi connectivity index (χ1) is 29.6. The fourth-order valence-corrected chi connectivity index (χ4v) is 5.92. The van der Waals surface area contributed by atoms with E-state index < -0.39 is 6.10 Å². The molecule has 338 valence electrons. The van der Waals surface area contributed by atoms with E-state index in [1.165, 1.54) is 32.1 Å². The van der Waals surface area contributed by atoms with Crippen LogP contribution in [0, 0.1) is 0 Å². The van der Waals surface area contributed by atoms with Crippen LogP contribution in [-0.2, 0) is 23.8 Å². The normalized spacial score (nSPS) is 13.3. The number of carbonyl (C=O) groups excluding carboxylic acids is 2. The molecule has 0 aromatic carbocycles. The van der Waals surface area contributed by atoms with Crippen molar-refractivity contribution < 1.29 is 23.8 Å². The molecular weight excluding hydrogens is 741 g/mol. The van der Waals surface area contributed by atoms with Gasteiger partial charge in [-0.2, -0.15) is 0 Å². The van der Waals surface area contributed by atoms with Crippen LogP contribution in [0.2, 0.25) is 0 Å². The number of hydrogen-bond acceptors (Lipinski definition) is 5. The molecule has 0 rings (SSSR count). The van der Waals surface area contributed by atoms with Crippen LogP contribution in [0.25, 0.3) is 0 Å². The Balaban J connectivity index is 4.44. The van der Waals surface area contributed by atoms with Gasteiger partial charge in [-0.25, -0.2) is 0 Å². The van der Waals surface area contributed by atoms with Crippen LogP contribution in [-0.4, -0.2) is 37.9 Å². The molecule has 0 fully saturated rings. The van der Waals surface area contributed by atoms with Crippen LogP contribution in [0.15, 0.2) is 122 Å². The monoisotopic (exact) mass is 829 g/mol. The minimum atomic E-state index is -0.587. The highest BCUT2D eigenvalue weighted by molar-refractivity contribution is 5.70. The Morgan fingerprint density at radius 1 is 0.383 bits per heavy atom. The van der Waals surface area contributed by atoms with E-state index in [4.69, 9.17) is 14.2 Å². The molecule has 0 radical (unpaired) electrons. The maximum atomic E-state index is 12.7. The number of rotatable bonds is 42. The van der Waals surface area contributed by atoms with Gasteiger partial charge >= 0.3 is 11.9 Å². The second-order valence-corrected chi connectivity index (χ2v) is 15.2. The topological polar surface area (TPSA) is 61.8 Å². The van der Waals surface area contributed by atoms with Gasteiger partial charge in [-0.05, 0) is 122 Å². The van der Waals surface area contributed by atoms with E-state index in [-0.39, 0.29) is 25.2 Å². The predicted molar refractivity (Wildman–Crippen MR) is 260 cm³/mol. The van der Waals surface area contributed by atoms with Crippen molar-refractivity contribution in [2.45, 2.75) is 194 Å². The van der Waals surface area contributed by atoms with Crippen LogP contribution in [0.3, 0.4) is 0 Å². The van der Waals surface area contributed by atoms with Gasteiger partial charge in [-0.3, -0.25) is 9.59 Å². The molecule has 0 bridgehead atoms. The number of carbonyl (C=O) groups is 2. The summed E-state index contributed by atoms with van der Waals surface area (Å²) in [5, 5.41) is 0. The lowest BCUT2D eigenvalue weighted by Gasteiger charge is -2.18. The van der Waals surface area contributed by atoms with Gasteiger partial charge in [0.15, 0.2) is 6.10 Å². The first kappa shape index (κ1) is 56.3. The molecule has 60 heavy (non-hydrogen) atoms. The first-order valence-electron chi connectivity index (χ1n) is 24.1. The molecule has 0 spiro atoms. The number of ether oxygens (including phenoxy) is 3. The number of esters is 2. The summed E-state index contributed by atoms with van der Waals surface area (Å²) >= 11 is 0. The molecule has 1 atom stereocenters. The lowest BCUT2D eigenvalue weighted by atomic mass is 10.1. The molecule has 5 nitrogen and oxygen atoms in total. The van der Waals surface area contributed by atoms with Crippen molar-refractivity contribution >= 4 is 11.9 Å². The second-order valence-electron chi connectivity index (χ2n) is 15.2. The lowest BCUT2D eigenvalue weighted by Crippen LogP contribution is -2.30. The average molecular weight is 829 g/mol. The summed E-state index contributed by atoms with van der Waals surface area (Å²) in [6.45, 7) is 7.38. The van der Waals surface area contributed by atoms with Gasteiger partial charge in [0.05, 0.1) is 6.61 Å². The molecule has 5 heteroatoms. The summed E-state index contributed by atoms with van der Waals surface area (Å²) in [6, 6.07) is 0. The number of allylic oxidation sites excluding steroid dienone is 20. The Labute approximate surface area is 369 Å². The highest BCUT2D eigenvalue weighted by Gasteiger charge is 2.17. The summed E-state index contributed by atoms with van der Waals surface area (Å²) in [5.41, 5.74) is 0. The molecule has 1 unspecified atom stereocenters. The largest absolute Gasteiger partial charge is 0.462 e. The van der Waals surface area contributed by atoms with E-state index in [0.717, 1.165) is 122 Å². The van der Waals surface area contributed by atoms with E-state index in [1.54, 1.807) is 0 Å². The molecule has 0 aliphatic carbocycles. The van der Waals surface area contributed by atoms with Gasteiger partial charge in [0.1, 0.15) is 6.61 Å². The molecule has 0 aromatic heterocycles. The van der Waals surface area contributed by atoms with E-state index in [0.29, 0.717) is 19.4 Å². The van der Waals surface area contributed by atoms with Gasteiger partial charge < -0.3 is 14.2 Å². The fraction of sp³-hybridized carbons (Fsp3) is 0.600. The quantitative estimate of drug-likeness (QED) is 0.0348. The van der Waals surface area contributed by atoms with Crippen molar-refractivity contribution in [2.75, 3.05) is 19.8 Å². The average Bonchev–Trinajstić information content (AvgIpc) is 3.25. The summed E-state index contributed by atoms with van der Waals surface area (Å²) in [5.74, 6) is -0.492. The zero-order valence-electron chi connectivity index (χ0n) is 38.7. The van der Waals surface area contributed by atoms with Crippen LogP contribution in [0.4, 0.5) is 0 Å². The van der Waals surface area contributed by atoms with Gasteiger partial charge in [0.25, 0.3) is 0 Å². The highest BCUT2D eigenvalue weighted by Crippen LogP contribution is 2.11. The Hall–Kier alpha value is -3.70. The van der Waals surface area contributed by atoms with Crippen molar-refractivity contribution in [1.29, 1.82) is 0 Å². The summed E-state index contributed by atoms with van der Waals surface area (Å²) in [4.78, 5) is 25.3. The summed E-state index contributed by atoms with van der Waals surface area (Å²) < 4.78 is 17.3. The van der Waals surface area contributed by atoms with E-state index in [9.17, 15) is 9.59 Å². The Morgan fingerprint density at radius 2 is 0.750 bits per heavy atom. The van der Waals surface area contributed by atoms with Gasteiger partial charge in [-0.1, -0.05) is 174 Å². The summed E-state index contributed by atoms with van der Waals surface area (Å²) in [6.07, 6.45) is 69.2. The Bertz CT molecular complexity index is 1260. The molecule has 0 heterocycles. The number of hydrogen-bond donors (Lipinski definition) is 0. The minimum Gasteiger partial charge on any atom is -0.462 e. The van der Waals surface area contributed by atoms with Gasteiger partial charge in [0.2, 0.25) is 0 Å². The van der Waals surface area contributed by atoms with Crippen molar-refractivity contribution in [3.63, 3.8) is 0 Å². The third-order valence-electron chi connectivity index (χ3n) is 9.46. The third-order valence-corrected chi connectivity index (χ3v) is 9.46. The lowest BCUT2D eigenvalue weighted by molar-refractivity contribution is -0.163. The highest BCUT2D eigenvalue weighted by atomic mass is 16.6. The maximum absolute atomic E-state index is 12.7. The van der Waals surface area contributed by atoms with Crippen molar-refractivity contribution in [3.8, 4) is 0 Å². The maximum Gasteiger partial charge on any atom is 0.306 e. The zero-order valence-corrected chi connectivity index (χ0v) is 38.7. The summed E-state index contributed by atoms with van der Waals surface area (Å²) in [7, 11) is 0. The predicted octanol–water partition coefficient (Wildman–Crippen LogP) is 16.2. The first-order valence-corrected chi connectivity index (χ1v) is 24.1. The van der Waals surface area contributed by atoms with Crippen molar-refractivity contribution in [3.05, 3.63) is 122 Å². The number of unbranched alkanes of at least 4 members (excludes halogenated alkanes) is 11. The molecule has 0 saturated carbocycles. The van der Waals surface area contributed by atoms with E-state index in [2.05, 4.69) is 142 Å². The molecule has 0 aliphatic heterocycles. The standard InChI is InChI=1S/C55H88O5/c1-4-7-10-13-16-19-22-24-26-27-28-30-32-35-38-41-44-47-50-58-51-53(60-55(57)49-46-43-40-37-33-21-18-15-12-9-6-3)52-59-54(56)48-45-42-39-36-34-31-29-25-23-20-17-14-11-8-5-2/h7-8,10-11,15-20,24-26,28-30,34-36,38,53H,4-6,9,12-14,21-23,27,31-33,37,39-52H2,1-3H3/b10-7-,11-8-,18-15-,19-16-,20-17-,26-24-,29-25-,30-28-,36-34-,38-35-. The van der Waals surface area contributed by atoms with Crippen molar-refractivity contribution in [1.82, 2.24) is 0 Å². The minimum absolute atomic E-state index is 0.0350. The Morgan fingerprint density at radius 3 is 1.25 bits per heavy atom. The van der Waals surface area contributed by atoms with Crippen molar-refractivity contribution in [2.24, 2.45) is 0 Å². The van der Waals surface area contributed by atoms with Crippen LogP contribution in [0.5, 0.6) is 0 Å². The van der Waals surface area contributed by atoms with Crippen LogP contribution in [0.1, 0.15) is 188 Å². The van der Waals surface area contributed by atoms with Crippen LogP contribution >= 0.6 is 0 Å².